The summed E-state index contributed by atoms with van der Waals surface area (Å²) in [6, 6.07) is 1.85. The molecule has 0 spiro atoms. The Morgan fingerprint density at radius 3 is 2.72 bits per heavy atom. The van der Waals surface area contributed by atoms with Gasteiger partial charge in [-0.1, -0.05) is 0 Å². The predicted octanol–water partition coefficient (Wildman–Crippen LogP) is 1.12. The van der Waals surface area contributed by atoms with Crippen LogP contribution < -0.4 is 11.1 Å². The van der Waals surface area contributed by atoms with Gasteiger partial charge in [0.2, 0.25) is 0 Å². The summed E-state index contributed by atoms with van der Waals surface area (Å²) in [6.45, 7) is 6.93. The Hall–Kier alpha value is -2.27. The van der Waals surface area contributed by atoms with E-state index in [0.717, 1.165) is 50.1 Å². The molecule has 3 aliphatic rings. The lowest BCUT2D eigenvalue weighted by atomic mass is 10.0. The quantitative estimate of drug-likeness (QED) is 0.554. The lowest BCUT2D eigenvalue weighted by Crippen LogP contribution is -2.44. The Kier molecular flexibility index (Phi) is 6.94. The summed E-state index contributed by atoms with van der Waals surface area (Å²) in [4.78, 5) is 24.6. The molecule has 174 valence electrons. The number of piperidine rings is 1. The number of hydrogen-bond acceptors (Lipinski definition) is 8. The molecule has 3 saturated heterocycles. The van der Waals surface area contributed by atoms with Crippen LogP contribution in [0.3, 0.4) is 0 Å². The molecule has 5 rings (SSSR count). The van der Waals surface area contributed by atoms with E-state index < -0.39 is 5.97 Å². The molecule has 2 aromatic rings. The minimum atomic E-state index is -1.18. The molecule has 3 fully saturated rings. The van der Waals surface area contributed by atoms with Gasteiger partial charge in [-0.15, -0.1) is 12.4 Å². The summed E-state index contributed by atoms with van der Waals surface area (Å²) < 4.78 is 1.99. The van der Waals surface area contributed by atoms with Gasteiger partial charge < -0.3 is 21.1 Å². The minimum Gasteiger partial charge on any atom is -0.476 e. The van der Waals surface area contributed by atoms with Crippen LogP contribution in [-0.4, -0.2) is 92.0 Å². The van der Waals surface area contributed by atoms with Crippen molar-refractivity contribution in [2.45, 2.75) is 43.8 Å². The van der Waals surface area contributed by atoms with Crippen LogP contribution in [0.25, 0.3) is 11.3 Å². The van der Waals surface area contributed by atoms with Crippen molar-refractivity contribution in [3.8, 4) is 11.3 Å². The van der Waals surface area contributed by atoms with Crippen LogP contribution in [0.1, 0.15) is 42.2 Å². The second kappa shape index (κ2) is 9.70. The summed E-state index contributed by atoms with van der Waals surface area (Å²) in [6.07, 6.45) is 9.84. The first-order valence-electron chi connectivity index (χ1n) is 11.2. The number of nitrogens with zero attached hydrogens (tertiary/aromatic N) is 6. The molecule has 11 heteroatoms. The summed E-state index contributed by atoms with van der Waals surface area (Å²) in [5, 5.41) is 17.3. The third kappa shape index (κ3) is 4.73. The fourth-order valence-corrected chi connectivity index (χ4v) is 5.19. The maximum absolute atomic E-state index is 11.3. The molecule has 0 radical (unpaired) electrons. The average molecular weight is 463 g/mol. The van der Waals surface area contributed by atoms with Crippen molar-refractivity contribution in [1.82, 2.24) is 34.9 Å². The van der Waals surface area contributed by atoms with Gasteiger partial charge >= 0.3 is 5.97 Å². The van der Waals surface area contributed by atoms with Gasteiger partial charge in [-0.05, 0) is 38.8 Å². The van der Waals surface area contributed by atoms with Crippen LogP contribution in [0, 0.1) is 0 Å². The van der Waals surface area contributed by atoms with E-state index in [-0.39, 0.29) is 23.9 Å². The largest absolute Gasteiger partial charge is 0.476 e. The van der Waals surface area contributed by atoms with Gasteiger partial charge in [0.05, 0.1) is 24.1 Å². The van der Waals surface area contributed by atoms with Crippen molar-refractivity contribution in [3.05, 3.63) is 24.3 Å². The Morgan fingerprint density at radius 1 is 1.22 bits per heavy atom. The Labute approximate surface area is 193 Å². The van der Waals surface area contributed by atoms with E-state index in [0.29, 0.717) is 11.7 Å². The number of nitrogen functional groups attached to an aromatic ring is 1. The standard InChI is InChI=1S/C21H30N8O2.ClH/c22-20-19(21(30)31)26-18(11-24-20)14-9-25-29(12-14)16-2-6-27(7-3-16)4-1-5-28-13-15-8-17(28)10-23-15;/h9,11-12,15-17,23H,1-8,10,13H2,(H2,22,24)(H,30,31);1H. The van der Waals surface area contributed by atoms with E-state index in [1.807, 2.05) is 10.9 Å². The first-order chi connectivity index (χ1) is 15.1. The molecule has 2 bridgehead atoms. The molecule has 32 heavy (non-hydrogen) atoms. The highest BCUT2D eigenvalue weighted by Crippen LogP contribution is 2.26. The number of aromatic carboxylic acids is 1. The Bertz CT molecular complexity index is 946. The van der Waals surface area contributed by atoms with Crippen molar-refractivity contribution < 1.29 is 9.90 Å². The molecule has 10 nitrogen and oxygen atoms in total. The normalized spacial score (nSPS) is 24.0. The Balaban J connectivity index is 0.00000245. The molecule has 0 aromatic carbocycles. The third-order valence-corrected chi connectivity index (χ3v) is 6.92. The first kappa shape index (κ1) is 22.9. The van der Waals surface area contributed by atoms with Gasteiger partial charge in [-0.3, -0.25) is 9.58 Å². The van der Waals surface area contributed by atoms with Crippen LogP contribution in [0.5, 0.6) is 0 Å². The van der Waals surface area contributed by atoms with E-state index in [4.69, 9.17) is 5.73 Å². The van der Waals surface area contributed by atoms with Crippen molar-refractivity contribution in [2.24, 2.45) is 0 Å². The number of carboxylic acids is 1. The number of halogens is 1. The lowest BCUT2D eigenvalue weighted by molar-refractivity contribution is 0.0691. The number of carbonyl (C=O) groups is 1. The number of nitrogens with two attached hydrogens (primary N) is 1. The third-order valence-electron chi connectivity index (χ3n) is 6.92. The Morgan fingerprint density at radius 2 is 2.03 bits per heavy atom. The summed E-state index contributed by atoms with van der Waals surface area (Å²) in [5.41, 5.74) is 6.61. The molecule has 5 heterocycles. The maximum Gasteiger partial charge on any atom is 0.358 e. The molecule has 0 amide bonds. The van der Waals surface area contributed by atoms with Crippen LogP contribution in [0.15, 0.2) is 18.6 Å². The van der Waals surface area contributed by atoms with Crippen molar-refractivity contribution >= 4 is 24.2 Å². The molecule has 2 atom stereocenters. The fourth-order valence-electron chi connectivity index (χ4n) is 5.19. The van der Waals surface area contributed by atoms with Gasteiger partial charge in [0.1, 0.15) is 0 Å². The second-order valence-corrected chi connectivity index (χ2v) is 8.92. The molecule has 0 saturated carbocycles. The molecule has 0 aliphatic carbocycles. The first-order valence-corrected chi connectivity index (χ1v) is 11.2. The number of likely N-dealkylation sites (tertiary alicyclic amines) is 2. The highest BCUT2D eigenvalue weighted by molar-refractivity contribution is 5.90. The number of piperazine rings is 1. The predicted molar refractivity (Wildman–Crippen MR) is 123 cm³/mol. The molecular formula is C21H31ClN8O2. The number of aromatic nitrogens is 4. The number of anilines is 1. The zero-order valence-corrected chi connectivity index (χ0v) is 18.9. The zero-order chi connectivity index (χ0) is 21.4. The molecule has 2 unspecified atom stereocenters. The number of hydrogen-bond donors (Lipinski definition) is 3. The second-order valence-electron chi connectivity index (χ2n) is 8.92. The maximum atomic E-state index is 11.3. The molecule has 4 N–H and O–H groups in total. The molecule has 3 aliphatic heterocycles. The summed E-state index contributed by atoms with van der Waals surface area (Å²) in [5.74, 6) is -1.26. The lowest BCUT2D eigenvalue weighted by Gasteiger charge is -2.33. The number of carboxylic acid groups (broad SMARTS) is 1. The topological polar surface area (TPSA) is 125 Å². The van der Waals surface area contributed by atoms with Crippen molar-refractivity contribution in [3.63, 3.8) is 0 Å². The van der Waals surface area contributed by atoms with E-state index in [9.17, 15) is 9.90 Å². The zero-order valence-electron chi connectivity index (χ0n) is 18.1. The number of rotatable bonds is 7. The van der Waals surface area contributed by atoms with Gasteiger partial charge in [0.25, 0.3) is 0 Å². The van der Waals surface area contributed by atoms with E-state index in [2.05, 4.69) is 30.2 Å². The van der Waals surface area contributed by atoms with E-state index in [1.165, 1.54) is 38.7 Å². The van der Waals surface area contributed by atoms with Gasteiger partial charge in [0, 0.05) is 50.0 Å². The minimum absolute atomic E-state index is 0. The number of fused-ring (bicyclic) bond motifs is 2. The highest BCUT2D eigenvalue weighted by Gasteiger charge is 2.36. The van der Waals surface area contributed by atoms with Crippen LogP contribution >= 0.6 is 12.4 Å². The average Bonchev–Trinajstić information content (AvgIpc) is 3.52. The van der Waals surface area contributed by atoms with Crippen LogP contribution in [0.2, 0.25) is 0 Å². The van der Waals surface area contributed by atoms with E-state index >= 15 is 0 Å². The van der Waals surface area contributed by atoms with Crippen molar-refractivity contribution in [1.29, 1.82) is 0 Å². The fraction of sp³-hybridized carbons (Fsp3) is 0.619. The van der Waals surface area contributed by atoms with Gasteiger partial charge in [0.15, 0.2) is 11.5 Å². The van der Waals surface area contributed by atoms with Gasteiger partial charge in [-0.2, -0.15) is 5.10 Å². The smallest absolute Gasteiger partial charge is 0.358 e. The van der Waals surface area contributed by atoms with Crippen LogP contribution in [0.4, 0.5) is 5.82 Å². The SMILES string of the molecule is Cl.Nc1ncc(-c2cnn(C3CCN(CCCN4CC5CC4CN5)CC3)c2)nc1C(=O)O. The summed E-state index contributed by atoms with van der Waals surface area (Å²) in [7, 11) is 0. The number of nitrogens with one attached hydrogen (secondary N) is 1. The monoisotopic (exact) mass is 462 g/mol. The highest BCUT2D eigenvalue weighted by atomic mass is 35.5. The van der Waals surface area contributed by atoms with Crippen LogP contribution in [-0.2, 0) is 0 Å². The molecule has 2 aromatic heterocycles. The summed E-state index contributed by atoms with van der Waals surface area (Å²) >= 11 is 0. The van der Waals surface area contributed by atoms with E-state index in [1.54, 1.807) is 6.20 Å². The van der Waals surface area contributed by atoms with Crippen molar-refractivity contribution in [2.75, 3.05) is 45.0 Å². The molecular weight excluding hydrogens is 432 g/mol. The van der Waals surface area contributed by atoms with Gasteiger partial charge in [-0.25, -0.2) is 14.8 Å².